The Morgan fingerprint density at radius 2 is 1.90 bits per heavy atom. The Morgan fingerprint density at radius 1 is 1.24 bits per heavy atom. The molecule has 1 aromatic carbocycles. The van der Waals surface area contributed by atoms with Gasteiger partial charge in [0.2, 0.25) is 0 Å². The van der Waals surface area contributed by atoms with E-state index in [-0.39, 0.29) is 0 Å². The van der Waals surface area contributed by atoms with Crippen molar-refractivity contribution in [2.75, 3.05) is 6.54 Å². The maximum absolute atomic E-state index is 10.3. The zero-order valence-electron chi connectivity index (χ0n) is 12.9. The zero-order chi connectivity index (χ0) is 15.1. The molecule has 0 aliphatic heterocycles. The monoisotopic (exact) mass is 286 g/mol. The number of aliphatic hydroxyl groups is 1. The minimum Gasteiger partial charge on any atom is -0.387 e. The molecule has 0 radical (unpaired) electrons. The van der Waals surface area contributed by atoms with Crippen LogP contribution in [0.1, 0.15) is 62.7 Å². The van der Waals surface area contributed by atoms with Gasteiger partial charge in [0.1, 0.15) is 0 Å². The minimum absolute atomic E-state index is 0.504. The van der Waals surface area contributed by atoms with Crippen molar-refractivity contribution in [1.82, 2.24) is 5.32 Å². The van der Waals surface area contributed by atoms with E-state index in [0.29, 0.717) is 18.2 Å². The molecule has 3 nitrogen and oxygen atoms in total. The summed E-state index contributed by atoms with van der Waals surface area (Å²) >= 11 is 0. The molecule has 0 aromatic heterocycles. The molecule has 0 spiro atoms. The second-order valence-electron chi connectivity index (χ2n) is 6.07. The number of rotatable bonds is 6. The molecule has 1 fully saturated rings. The SMILES string of the molecule is CCC(NCC(O)c1ccc(C#N)cc1)C1CCCCC1. The molecular formula is C18H26N2O. The minimum atomic E-state index is -0.504. The van der Waals surface area contributed by atoms with Gasteiger partial charge < -0.3 is 10.4 Å². The van der Waals surface area contributed by atoms with Crippen LogP contribution in [0.3, 0.4) is 0 Å². The van der Waals surface area contributed by atoms with Crippen LogP contribution in [0.15, 0.2) is 24.3 Å². The van der Waals surface area contributed by atoms with Gasteiger partial charge in [0.05, 0.1) is 17.7 Å². The third kappa shape index (κ3) is 4.56. The van der Waals surface area contributed by atoms with Crippen molar-refractivity contribution >= 4 is 0 Å². The summed E-state index contributed by atoms with van der Waals surface area (Å²) in [4.78, 5) is 0. The molecule has 0 amide bonds. The molecule has 0 heterocycles. The standard InChI is InChI=1S/C18H26N2O/c1-2-17(15-6-4-3-5-7-15)20-13-18(21)16-10-8-14(12-19)9-11-16/h8-11,15,17-18,20-21H,2-7,13H2,1H3. The van der Waals surface area contributed by atoms with Crippen LogP contribution in [0.2, 0.25) is 0 Å². The molecule has 21 heavy (non-hydrogen) atoms. The molecule has 0 bridgehead atoms. The van der Waals surface area contributed by atoms with E-state index < -0.39 is 6.10 Å². The lowest BCUT2D eigenvalue weighted by molar-refractivity contribution is 0.157. The van der Waals surface area contributed by atoms with Gasteiger partial charge in [0, 0.05) is 12.6 Å². The van der Waals surface area contributed by atoms with Crippen LogP contribution in [-0.4, -0.2) is 17.7 Å². The Hall–Kier alpha value is -1.37. The van der Waals surface area contributed by atoms with Gasteiger partial charge in [-0.2, -0.15) is 5.26 Å². The summed E-state index contributed by atoms with van der Waals surface area (Å²) in [5.74, 6) is 0.761. The number of benzene rings is 1. The Kier molecular flexibility index (Phi) is 6.22. The third-order valence-electron chi connectivity index (χ3n) is 4.66. The van der Waals surface area contributed by atoms with Crippen molar-refractivity contribution in [3.8, 4) is 6.07 Å². The fraction of sp³-hybridized carbons (Fsp3) is 0.611. The summed E-state index contributed by atoms with van der Waals surface area (Å²) in [6.45, 7) is 2.81. The lowest BCUT2D eigenvalue weighted by Gasteiger charge is -2.31. The first kappa shape index (κ1) is 16.0. The zero-order valence-corrected chi connectivity index (χ0v) is 12.9. The number of nitrogens with one attached hydrogen (secondary N) is 1. The van der Waals surface area contributed by atoms with Gasteiger partial charge in [-0.1, -0.05) is 38.3 Å². The Balaban J connectivity index is 1.86. The Bertz CT molecular complexity index is 457. The smallest absolute Gasteiger partial charge is 0.0991 e. The van der Waals surface area contributed by atoms with E-state index >= 15 is 0 Å². The van der Waals surface area contributed by atoms with E-state index in [1.54, 1.807) is 12.1 Å². The maximum atomic E-state index is 10.3. The lowest BCUT2D eigenvalue weighted by Crippen LogP contribution is -2.39. The second kappa shape index (κ2) is 8.17. The van der Waals surface area contributed by atoms with Crippen molar-refractivity contribution in [2.45, 2.75) is 57.6 Å². The second-order valence-corrected chi connectivity index (χ2v) is 6.07. The normalized spacial score (nSPS) is 18.9. The molecule has 2 unspecified atom stereocenters. The molecule has 1 aliphatic rings. The summed E-state index contributed by atoms with van der Waals surface area (Å²) in [6, 6.07) is 9.81. The van der Waals surface area contributed by atoms with Gasteiger partial charge in [-0.05, 0) is 42.9 Å². The largest absolute Gasteiger partial charge is 0.387 e. The Labute approximate surface area is 128 Å². The van der Waals surface area contributed by atoms with Gasteiger partial charge in [0.15, 0.2) is 0 Å². The number of hydrogen-bond donors (Lipinski definition) is 2. The molecular weight excluding hydrogens is 260 g/mol. The summed E-state index contributed by atoms with van der Waals surface area (Å²) in [7, 11) is 0. The average Bonchev–Trinajstić information content (AvgIpc) is 2.56. The average molecular weight is 286 g/mol. The first-order valence-corrected chi connectivity index (χ1v) is 8.16. The number of hydrogen-bond acceptors (Lipinski definition) is 3. The molecule has 2 rings (SSSR count). The van der Waals surface area contributed by atoms with Gasteiger partial charge in [-0.3, -0.25) is 0 Å². The van der Waals surface area contributed by atoms with Gasteiger partial charge in [-0.15, -0.1) is 0 Å². The summed E-state index contributed by atoms with van der Waals surface area (Å²) in [5.41, 5.74) is 1.51. The van der Waals surface area contributed by atoms with Crippen molar-refractivity contribution in [1.29, 1.82) is 5.26 Å². The number of nitriles is 1. The molecule has 114 valence electrons. The van der Waals surface area contributed by atoms with Gasteiger partial charge in [0.25, 0.3) is 0 Å². The van der Waals surface area contributed by atoms with E-state index in [4.69, 9.17) is 5.26 Å². The molecule has 2 N–H and O–H groups in total. The molecule has 1 saturated carbocycles. The van der Waals surface area contributed by atoms with Crippen LogP contribution >= 0.6 is 0 Å². The van der Waals surface area contributed by atoms with Crippen LogP contribution < -0.4 is 5.32 Å². The number of nitrogens with zero attached hydrogens (tertiary/aromatic N) is 1. The predicted octanol–water partition coefficient (Wildman–Crippen LogP) is 3.54. The van der Waals surface area contributed by atoms with E-state index in [2.05, 4.69) is 18.3 Å². The molecule has 1 aliphatic carbocycles. The fourth-order valence-electron chi connectivity index (χ4n) is 3.34. The molecule has 2 atom stereocenters. The highest BCUT2D eigenvalue weighted by Crippen LogP contribution is 2.28. The molecule has 0 saturated heterocycles. The highest BCUT2D eigenvalue weighted by Gasteiger charge is 2.22. The maximum Gasteiger partial charge on any atom is 0.0991 e. The predicted molar refractivity (Wildman–Crippen MR) is 84.8 cm³/mol. The topological polar surface area (TPSA) is 56.0 Å². The fourth-order valence-corrected chi connectivity index (χ4v) is 3.34. The van der Waals surface area contributed by atoms with E-state index in [0.717, 1.165) is 17.9 Å². The van der Waals surface area contributed by atoms with E-state index in [1.807, 2.05) is 12.1 Å². The number of aliphatic hydroxyl groups excluding tert-OH is 1. The van der Waals surface area contributed by atoms with E-state index in [9.17, 15) is 5.11 Å². The molecule has 1 aromatic rings. The quantitative estimate of drug-likeness (QED) is 0.841. The van der Waals surface area contributed by atoms with Crippen molar-refractivity contribution in [2.24, 2.45) is 5.92 Å². The van der Waals surface area contributed by atoms with Crippen LogP contribution in [0.4, 0.5) is 0 Å². The van der Waals surface area contributed by atoms with Crippen molar-refractivity contribution in [3.05, 3.63) is 35.4 Å². The van der Waals surface area contributed by atoms with Crippen molar-refractivity contribution in [3.63, 3.8) is 0 Å². The summed E-state index contributed by atoms with van der Waals surface area (Å²) < 4.78 is 0. The van der Waals surface area contributed by atoms with Crippen LogP contribution in [0.25, 0.3) is 0 Å². The lowest BCUT2D eigenvalue weighted by atomic mass is 9.83. The van der Waals surface area contributed by atoms with Crippen LogP contribution in [-0.2, 0) is 0 Å². The first-order valence-electron chi connectivity index (χ1n) is 8.16. The summed E-state index contributed by atoms with van der Waals surface area (Å²) in [6.07, 6.45) is 7.32. The van der Waals surface area contributed by atoms with Crippen LogP contribution in [0.5, 0.6) is 0 Å². The van der Waals surface area contributed by atoms with Gasteiger partial charge in [-0.25, -0.2) is 0 Å². The van der Waals surface area contributed by atoms with Crippen molar-refractivity contribution < 1.29 is 5.11 Å². The Morgan fingerprint density at radius 3 is 2.48 bits per heavy atom. The highest BCUT2D eigenvalue weighted by molar-refractivity contribution is 5.32. The highest BCUT2D eigenvalue weighted by atomic mass is 16.3. The third-order valence-corrected chi connectivity index (χ3v) is 4.66. The van der Waals surface area contributed by atoms with E-state index in [1.165, 1.54) is 32.1 Å². The van der Waals surface area contributed by atoms with Gasteiger partial charge >= 0.3 is 0 Å². The summed E-state index contributed by atoms with van der Waals surface area (Å²) in [5, 5.41) is 22.6. The van der Waals surface area contributed by atoms with Crippen LogP contribution in [0, 0.1) is 17.2 Å². The molecule has 3 heteroatoms. The first-order chi connectivity index (χ1) is 10.2.